The van der Waals surface area contributed by atoms with Crippen LogP contribution in [0.2, 0.25) is 0 Å². The molecule has 1 fully saturated rings. The molecule has 1 aliphatic rings. The van der Waals surface area contributed by atoms with Crippen LogP contribution in [0.1, 0.15) is 26.2 Å². The number of rotatable bonds is 4. The lowest BCUT2D eigenvalue weighted by Crippen LogP contribution is -2.45. The molecule has 94 valence electrons. The van der Waals surface area contributed by atoms with Gasteiger partial charge in [0.25, 0.3) is 0 Å². The minimum Gasteiger partial charge on any atom is -0.381 e. The molecule has 0 aromatic rings. The van der Waals surface area contributed by atoms with Gasteiger partial charge in [-0.05, 0) is 25.2 Å². The molecule has 3 N–H and O–H groups in total. The van der Waals surface area contributed by atoms with E-state index in [0.29, 0.717) is 5.92 Å². The Bertz CT molecular complexity index is 214. The molecule has 0 radical (unpaired) electrons. The number of nitrogens with zero attached hydrogens (tertiary/aromatic N) is 2. The minimum absolute atomic E-state index is 0.693. The van der Waals surface area contributed by atoms with Gasteiger partial charge in [-0.15, -0.1) is 0 Å². The van der Waals surface area contributed by atoms with Gasteiger partial charge in [-0.1, -0.05) is 6.92 Å². The highest BCUT2D eigenvalue weighted by Crippen LogP contribution is 2.15. The van der Waals surface area contributed by atoms with Crippen LogP contribution in [0, 0.1) is 5.92 Å². The van der Waals surface area contributed by atoms with Gasteiger partial charge in [0, 0.05) is 33.4 Å². The van der Waals surface area contributed by atoms with Crippen LogP contribution < -0.4 is 11.3 Å². The van der Waals surface area contributed by atoms with Crippen LogP contribution >= 0.6 is 0 Å². The van der Waals surface area contributed by atoms with Crippen molar-refractivity contribution in [1.82, 2.24) is 10.3 Å². The van der Waals surface area contributed by atoms with E-state index >= 15 is 0 Å². The molecule has 1 saturated heterocycles. The highest BCUT2D eigenvalue weighted by atomic mass is 16.5. The molecule has 0 aliphatic carbocycles. The largest absolute Gasteiger partial charge is 0.381 e. The number of nitrogens with two attached hydrogens (primary N) is 1. The van der Waals surface area contributed by atoms with Gasteiger partial charge in [0.15, 0.2) is 0 Å². The molecular weight excluding hydrogens is 204 g/mol. The van der Waals surface area contributed by atoms with E-state index in [1.807, 2.05) is 7.05 Å². The minimum atomic E-state index is 0.693. The Morgan fingerprint density at radius 1 is 1.50 bits per heavy atom. The summed E-state index contributed by atoms with van der Waals surface area (Å²) >= 11 is 0. The number of hydrogen-bond acceptors (Lipinski definition) is 3. The summed E-state index contributed by atoms with van der Waals surface area (Å²) in [5, 5.41) is 0. The molecule has 0 aromatic carbocycles. The summed E-state index contributed by atoms with van der Waals surface area (Å²) in [6.07, 6.45) is 3.31. The van der Waals surface area contributed by atoms with E-state index in [9.17, 15) is 0 Å². The zero-order valence-electron chi connectivity index (χ0n) is 10.4. The smallest absolute Gasteiger partial charge is 0.208 e. The van der Waals surface area contributed by atoms with E-state index in [1.54, 1.807) is 0 Å². The van der Waals surface area contributed by atoms with Crippen LogP contribution in [0.15, 0.2) is 4.99 Å². The first kappa shape index (κ1) is 13.3. The SMILES string of the molecule is CCCN=C(NN)N(C)CC1CCOCC1. The van der Waals surface area contributed by atoms with Crippen LogP contribution in [0.4, 0.5) is 0 Å². The third kappa shape index (κ3) is 4.37. The predicted molar refractivity (Wildman–Crippen MR) is 66.1 cm³/mol. The van der Waals surface area contributed by atoms with Crippen molar-refractivity contribution in [1.29, 1.82) is 0 Å². The van der Waals surface area contributed by atoms with E-state index in [0.717, 1.165) is 51.5 Å². The number of nitrogens with one attached hydrogen (secondary N) is 1. The molecule has 0 aromatic heterocycles. The Morgan fingerprint density at radius 2 is 2.19 bits per heavy atom. The van der Waals surface area contributed by atoms with Gasteiger partial charge in [0.1, 0.15) is 0 Å². The second-order valence-corrected chi connectivity index (χ2v) is 4.29. The molecule has 0 amide bonds. The molecular formula is C11H24N4O. The first-order valence-corrected chi connectivity index (χ1v) is 6.07. The molecule has 16 heavy (non-hydrogen) atoms. The molecule has 0 unspecified atom stereocenters. The highest BCUT2D eigenvalue weighted by Gasteiger charge is 2.17. The van der Waals surface area contributed by atoms with Gasteiger partial charge >= 0.3 is 0 Å². The lowest BCUT2D eigenvalue weighted by atomic mass is 10.00. The normalized spacial score (nSPS) is 18.6. The van der Waals surface area contributed by atoms with Crippen molar-refractivity contribution in [3.05, 3.63) is 0 Å². The topological polar surface area (TPSA) is 62.9 Å². The van der Waals surface area contributed by atoms with Crippen molar-refractivity contribution >= 4 is 5.96 Å². The van der Waals surface area contributed by atoms with Gasteiger partial charge in [-0.2, -0.15) is 0 Å². The molecule has 5 heteroatoms. The molecule has 1 rings (SSSR count). The summed E-state index contributed by atoms with van der Waals surface area (Å²) in [6.45, 7) is 5.69. The van der Waals surface area contributed by atoms with Crippen molar-refractivity contribution in [2.24, 2.45) is 16.8 Å². The summed E-state index contributed by atoms with van der Waals surface area (Å²) in [6, 6.07) is 0. The van der Waals surface area contributed by atoms with E-state index in [2.05, 4.69) is 22.2 Å². The van der Waals surface area contributed by atoms with E-state index in [4.69, 9.17) is 10.6 Å². The fourth-order valence-corrected chi connectivity index (χ4v) is 1.90. The van der Waals surface area contributed by atoms with E-state index < -0.39 is 0 Å². The first-order chi connectivity index (χ1) is 7.77. The molecule has 0 bridgehead atoms. The second-order valence-electron chi connectivity index (χ2n) is 4.29. The Hall–Kier alpha value is -0.810. The maximum Gasteiger partial charge on any atom is 0.208 e. The third-order valence-electron chi connectivity index (χ3n) is 2.85. The average Bonchev–Trinajstić information content (AvgIpc) is 2.31. The maximum absolute atomic E-state index is 5.47. The number of guanidine groups is 1. The quantitative estimate of drug-likeness (QED) is 0.320. The fourth-order valence-electron chi connectivity index (χ4n) is 1.90. The van der Waals surface area contributed by atoms with Gasteiger partial charge in [-0.25, -0.2) is 5.84 Å². The standard InChI is InChI=1S/C11H24N4O/c1-3-6-13-11(14-12)15(2)9-10-4-7-16-8-5-10/h10H,3-9,12H2,1-2H3,(H,13,14). The van der Waals surface area contributed by atoms with Crippen LogP contribution in [0.25, 0.3) is 0 Å². The number of ether oxygens (including phenoxy) is 1. The average molecular weight is 228 g/mol. The Balaban J connectivity index is 2.38. The zero-order valence-corrected chi connectivity index (χ0v) is 10.4. The summed E-state index contributed by atoms with van der Waals surface area (Å²) in [5.41, 5.74) is 2.67. The van der Waals surface area contributed by atoms with Gasteiger partial charge in [-0.3, -0.25) is 10.4 Å². The Morgan fingerprint density at radius 3 is 2.75 bits per heavy atom. The Labute approximate surface area is 98.0 Å². The number of hydrazine groups is 1. The fraction of sp³-hybridized carbons (Fsp3) is 0.909. The summed E-state index contributed by atoms with van der Waals surface area (Å²) in [5.74, 6) is 6.95. The van der Waals surface area contributed by atoms with Gasteiger partial charge in [0.2, 0.25) is 5.96 Å². The number of aliphatic imine (C=N–C) groups is 1. The molecule has 1 heterocycles. The van der Waals surface area contributed by atoms with Gasteiger partial charge in [0.05, 0.1) is 0 Å². The van der Waals surface area contributed by atoms with E-state index in [-0.39, 0.29) is 0 Å². The van der Waals surface area contributed by atoms with Gasteiger partial charge < -0.3 is 9.64 Å². The second kappa shape index (κ2) is 7.46. The lowest BCUT2D eigenvalue weighted by molar-refractivity contribution is 0.0610. The molecule has 0 spiro atoms. The third-order valence-corrected chi connectivity index (χ3v) is 2.85. The van der Waals surface area contributed by atoms with Crippen molar-refractivity contribution in [3.8, 4) is 0 Å². The predicted octanol–water partition coefficient (Wildman–Crippen LogP) is 0.574. The monoisotopic (exact) mass is 228 g/mol. The van der Waals surface area contributed by atoms with Crippen LogP contribution in [0.3, 0.4) is 0 Å². The summed E-state index contributed by atoms with van der Waals surface area (Å²) < 4.78 is 5.34. The lowest BCUT2D eigenvalue weighted by Gasteiger charge is -2.28. The molecule has 0 saturated carbocycles. The summed E-state index contributed by atoms with van der Waals surface area (Å²) in [4.78, 5) is 6.50. The van der Waals surface area contributed by atoms with Crippen molar-refractivity contribution in [2.75, 3.05) is 33.4 Å². The number of hydrogen-bond donors (Lipinski definition) is 2. The summed E-state index contributed by atoms with van der Waals surface area (Å²) in [7, 11) is 2.03. The van der Waals surface area contributed by atoms with Crippen molar-refractivity contribution in [3.63, 3.8) is 0 Å². The molecule has 5 nitrogen and oxygen atoms in total. The van der Waals surface area contributed by atoms with Crippen molar-refractivity contribution < 1.29 is 4.74 Å². The first-order valence-electron chi connectivity index (χ1n) is 6.07. The zero-order chi connectivity index (χ0) is 11.8. The highest BCUT2D eigenvalue weighted by molar-refractivity contribution is 5.79. The van der Waals surface area contributed by atoms with Crippen molar-refractivity contribution in [2.45, 2.75) is 26.2 Å². The maximum atomic E-state index is 5.47. The molecule has 0 atom stereocenters. The van der Waals surface area contributed by atoms with Crippen LogP contribution in [-0.4, -0.2) is 44.2 Å². The van der Waals surface area contributed by atoms with E-state index in [1.165, 1.54) is 0 Å². The molecule has 1 aliphatic heterocycles. The Kier molecular flexibility index (Phi) is 6.18. The van der Waals surface area contributed by atoms with Crippen LogP contribution in [-0.2, 0) is 4.74 Å². The van der Waals surface area contributed by atoms with Crippen LogP contribution in [0.5, 0.6) is 0 Å².